The van der Waals surface area contributed by atoms with Gasteiger partial charge >= 0.3 is 0 Å². The van der Waals surface area contributed by atoms with Crippen molar-refractivity contribution in [3.63, 3.8) is 0 Å². The fourth-order valence-corrected chi connectivity index (χ4v) is 2.00. The van der Waals surface area contributed by atoms with Crippen molar-refractivity contribution in [1.29, 1.82) is 0 Å². The molecule has 1 aliphatic carbocycles. The topological polar surface area (TPSA) is 74.2 Å². The Morgan fingerprint density at radius 3 is 2.56 bits per heavy atom. The lowest BCUT2D eigenvalue weighted by Gasteiger charge is -2.33. The molecule has 0 aromatic carbocycles. The van der Waals surface area contributed by atoms with Crippen molar-refractivity contribution in [2.45, 2.75) is 44.8 Å². The van der Waals surface area contributed by atoms with Crippen LogP contribution in [0.5, 0.6) is 0 Å². The van der Waals surface area contributed by atoms with E-state index in [2.05, 4.69) is 24.0 Å². The van der Waals surface area contributed by atoms with Crippen LogP contribution in [0.15, 0.2) is 4.52 Å². The van der Waals surface area contributed by atoms with Crippen molar-refractivity contribution in [2.24, 2.45) is 11.7 Å². The van der Waals surface area contributed by atoms with Gasteiger partial charge in [-0.2, -0.15) is 4.98 Å². The quantitative estimate of drug-likeness (QED) is 0.845. The normalized spacial score (nSPS) is 20.8. The van der Waals surface area contributed by atoms with Gasteiger partial charge in [0, 0.05) is 7.11 Å². The van der Waals surface area contributed by atoms with E-state index >= 15 is 0 Å². The Hall–Kier alpha value is -0.940. The minimum absolute atomic E-state index is 0.124. The number of hydrogen-bond acceptors (Lipinski definition) is 5. The molecule has 1 atom stereocenters. The van der Waals surface area contributed by atoms with Crippen LogP contribution in [0.1, 0.15) is 50.9 Å². The van der Waals surface area contributed by atoms with Crippen molar-refractivity contribution in [3.05, 3.63) is 11.7 Å². The van der Waals surface area contributed by atoms with Gasteiger partial charge in [0.05, 0.1) is 5.54 Å². The molecule has 0 bridgehead atoms. The molecule has 1 heterocycles. The highest BCUT2D eigenvalue weighted by Gasteiger charge is 2.40. The molecule has 2 N–H and O–H groups in total. The van der Waals surface area contributed by atoms with Crippen molar-refractivity contribution >= 4 is 0 Å². The summed E-state index contributed by atoms with van der Waals surface area (Å²) in [6.07, 6.45) is 2.86. The fraction of sp³-hybridized carbons (Fsp3) is 0.818. The number of nitrogens with zero attached hydrogens (tertiary/aromatic N) is 2. The maximum Gasteiger partial charge on any atom is 0.246 e. The second kappa shape index (κ2) is 4.14. The molecule has 1 unspecified atom stereocenters. The minimum atomic E-state index is -0.388. The fourth-order valence-electron chi connectivity index (χ4n) is 2.00. The van der Waals surface area contributed by atoms with E-state index in [1.54, 1.807) is 7.11 Å². The highest BCUT2D eigenvalue weighted by atomic mass is 16.5. The molecule has 0 spiro atoms. The minimum Gasteiger partial charge on any atom is -0.373 e. The molecule has 1 aromatic heterocycles. The van der Waals surface area contributed by atoms with Crippen LogP contribution in [0, 0.1) is 5.92 Å². The van der Waals surface area contributed by atoms with Crippen LogP contribution in [-0.4, -0.2) is 17.3 Å². The van der Waals surface area contributed by atoms with Crippen molar-refractivity contribution in [2.75, 3.05) is 7.11 Å². The van der Waals surface area contributed by atoms with Gasteiger partial charge in [-0.15, -0.1) is 0 Å². The first-order chi connectivity index (χ1) is 7.57. The number of nitrogens with two attached hydrogens (primary N) is 1. The van der Waals surface area contributed by atoms with E-state index in [1.807, 2.05) is 0 Å². The standard InChI is InChI=1S/C11H19N3O2/c1-7(2)8(15-3)9-13-10(16-14-9)11(12)5-4-6-11/h7-8H,4-6,12H2,1-3H3. The molecule has 90 valence electrons. The lowest BCUT2D eigenvalue weighted by atomic mass is 9.78. The molecule has 0 saturated heterocycles. The second-order valence-corrected chi connectivity index (χ2v) is 4.87. The van der Waals surface area contributed by atoms with Crippen LogP contribution in [0.2, 0.25) is 0 Å². The zero-order chi connectivity index (χ0) is 11.8. The first kappa shape index (κ1) is 11.5. The van der Waals surface area contributed by atoms with Gasteiger partial charge in [-0.3, -0.25) is 0 Å². The van der Waals surface area contributed by atoms with E-state index in [0.29, 0.717) is 17.6 Å². The summed E-state index contributed by atoms with van der Waals surface area (Å²) in [5.74, 6) is 1.46. The van der Waals surface area contributed by atoms with Crippen LogP contribution < -0.4 is 5.73 Å². The summed E-state index contributed by atoms with van der Waals surface area (Å²) < 4.78 is 10.6. The monoisotopic (exact) mass is 225 g/mol. The Bertz CT molecular complexity index is 358. The molecule has 16 heavy (non-hydrogen) atoms. The largest absolute Gasteiger partial charge is 0.373 e. The van der Waals surface area contributed by atoms with Gasteiger partial charge in [-0.25, -0.2) is 0 Å². The van der Waals surface area contributed by atoms with Crippen molar-refractivity contribution in [1.82, 2.24) is 10.1 Å². The Morgan fingerprint density at radius 2 is 2.12 bits per heavy atom. The molecular weight excluding hydrogens is 206 g/mol. The molecule has 5 heteroatoms. The number of hydrogen-bond donors (Lipinski definition) is 1. The summed E-state index contributed by atoms with van der Waals surface area (Å²) in [6.45, 7) is 4.12. The average molecular weight is 225 g/mol. The number of ether oxygens (including phenoxy) is 1. The van der Waals surface area contributed by atoms with Gasteiger partial charge in [0.2, 0.25) is 11.7 Å². The predicted molar refractivity (Wildman–Crippen MR) is 58.6 cm³/mol. The smallest absolute Gasteiger partial charge is 0.246 e. The molecule has 2 rings (SSSR count). The molecule has 1 saturated carbocycles. The zero-order valence-corrected chi connectivity index (χ0v) is 10.1. The number of rotatable bonds is 4. The molecule has 5 nitrogen and oxygen atoms in total. The Labute approximate surface area is 95.3 Å². The van der Waals surface area contributed by atoms with Gasteiger partial charge in [0.15, 0.2) is 0 Å². The van der Waals surface area contributed by atoms with Gasteiger partial charge < -0.3 is 15.0 Å². The molecule has 0 aliphatic heterocycles. The average Bonchev–Trinajstić information content (AvgIpc) is 2.64. The Morgan fingerprint density at radius 1 is 1.44 bits per heavy atom. The van der Waals surface area contributed by atoms with Crippen LogP contribution >= 0.6 is 0 Å². The first-order valence-corrected chi connectivity index (χ1v) is 5.72. The van der Waals surface area contributed by atoms with Gasteiger partial charge in [-0.05, 0) is 25.2 Å². The predicted octanol–water partition coefficient (Wildman–Crippen LogP) is 1.75. The van der Waals surface area contributed by atoms with Gasteiger partial charge in [0.1, 0.15) is 6.10 Å². The zero-order valence-electron chi connectivity index (χ0n) is 10.1. The molecular formula is C11H19N3O2. The SMILES string of the molecule is COC(c1noc(C2(N)CCC2)n1)C(C)C. The van der Waals surface area contributed by atoms with Crippen molar-refractivity contribution < 1.29 is 9.26 Å². The summed E-state index contributed by atoms with van der Waals surface area (Å²) in [5.41, 5.74) is 5.73. The van der Waals surface area contributed by atoms with Gasteiger partial charge in [-0.1, -0.05) is 19.0 Å². The van der Waals surface area contributed by atoms with Crippen LogP contribution in [0.3, 0.4) is 0 Å². The molecule has 1 aromatic rings. The third-order valence-electron chi connectivity index (χ3n) is 3.23. The van der Waals surface area contributed by atoms with E-state index < -0.39 is 0 Å². The van der Waals surface area contributed by atoms with E-state index in [9.17, 15) is 0 Å². The van der Waals surface area contributed by atoms with Gasteiger partial charge in [0.25, 0.3) is 0 Å². The van der Waals surface area contributed by atoms with E-state index in [4.69, 9.17) is 15.0 Å². The summed E-state index contributed by atoms with van der Waals surface area (Å²) >= 11 is 0. The Kier molecular flexibility index (Phi) is 2.99. The molecule has 1 fully saturated rings. The molecule has 0 radical (unpaired) electrons. The van der Waals surface area contributed by atoms with E-state index in [-0.39, 0.29) is 11.6 Å². The Balaban J connectivity index is 2.18. The maximum atomic E-state index is 6.12. The highest BCUT2D eigenvalue weighted by molar-refractivity contribution is 5.08. The summed E-state index contributed by atoms with van der Waals surface area (Å²) in [6, 6.07) is 0. The number of methoxy groups -OCH3 is 1. The maximum absolute atomic E-state index is 6.12. The van der Waals surface area contributed by atoms with Crippen LogP contribution in [-0.2, 0) is 10.3 Å². The van der Waals surface area contributed by atoms with E-state index in [0.717, 1.165) is 19.3 Å². The van der Waals surface area contributed by atoms with E-state index in [1.165, 1.54) is 0 Å². The first-order valence-electron chi connectivity index (χ1n) is 5.72. The lowest BCUT2D eigenvalue weighted by molar-refractivity contribution is 0.0555. The highest BCUT2D eigenvalue weighted by Crippen LogP contribution is 2.38. The second-order valence-electron chi connectivity index (χ2n) is 4.87. The lowest BCUT2D eigenvalue weighted by Crippen LogP contribution is -2.43. The summed E-state index contributed by atoms with van der Waals surface area (Å²) in [7, 11) is 1.66. The van der Waals surface area contributed by atoms with Crippen LogP contribution in [0.25, 0.3) is 0 Å². The molecule has 1 aliphatic rings. The molecule has 0 amide bonds. The number of aromatic nitrogens is 2. The van der Waals surface area contributed by atoms with Crippen LogP contribution in [0.4, 0.5) is 0 Å². The summed E-state index contributed by atoms with van der Waals surface area (Å²) in [5, 5.41) is 3.97. The third-order valence-corrected chi connectivity index (χ3v) is 3.23. The summed E-state index contributed by atoms with van der Waals surface area (Å²) in [4.78, 5) is 4.37. The third kappa shape index (κ3) is 1.85. The van der Waals surface area contributed by atoms with Crippen molar-refractivity contribution in [3.8, 4) is 0 Å².